The number of nitrogens with two attached hydrogens (primary N) is 1. The molecule has 0 amide bonds. The molecule has 0 atom stereocenters. The van der Waals surface area contributed by atoms with E-state index < -0.39 is 0 Å². The number of halogens is 2. The number of hydrogen-bond acceptors (Lipinski definition) is 5. The van der Waals surface area contributed by atoms with E-state index in [1.54, 1.807) is 18.2 Å². The Kier molecular flexibility index (Phi) is 4.52. The Morgan fingerprint density at radius 3 is 2.60 bits per heavy atom. The zero-order valence-corrected chi connectivity index (χ0v) is 12.5. The highest BCUT2D eigenvalue weighted by atomic mass is 35.5. The zero-order chi connectivity index (χ0) is 14.7. The van der Waals surface area contributed by atoms with E-state index in [1.165, 1.54) is 6.33 Å². The fourth-order valence-corrected chi connectivity index (χ4v) is 1.80. The van der Waals surface area contributed by atoms with Gasteiger partial charge in [0.05, 0.1) is 16.1 Å². The topological polar surface area (TPSA) is 73.1 Å². The lowest BCUT2D eigenvalue weighted by atomic mass is 10.3. The van der Waals surface area contributed by atoms with Crippen molar-refractivity contribution in [2.24, 2.45) is 0 Å². The molecule has 0 aliphatic rings. The van der Waals surface area contributed by atoms with Crippen molar-refractivity contribution in [3.63, 3.8) is 0 Å². The van der Waals surface area contributed by atoms with Gasteiger partial charge in [0.25, 0.3) is 0 Å². The molecule has 0 aliphatic heterocycles. The van der Waals surface area contributed by atoms with E-state index in [1.807, 2.05) is 13.8 Å². The Bertz CT molecular complexity index is 619. The molecule has 2 aromatic rings. The molecule has 1 aromatic heterocycles. The standard InChI is InChI=1S/C13H14Cl2N4O/c1-7(2)20-13-11(16)12(17-6-18-13)19-8-3-4-9(14)10(15)5-8/h3-7H,16H2,1-2H3,(H,17,18,19). The molecule has 5 nitrogen and oxygen atoms in total. The van der Waals surface area contributed by atoms with Crippen molar-refractivity contribution in [2.45, 2.75) is 20.0 Å². The van der Waals surface area contributed by atoms with E-state index in [4.69, 9.17) is 33.7 Å². The number of nitrogens with zero attached hydrogens (tertiary/aromatic N) is 2. The third-order valence-electron chi connectivity index (χ3n) is 2.38. The van der Waals surface area contributed by atoms with E-state index in [2.05, 4.69) is 15.3 Å². The Hall–Kier alpha value is -1.72. The first-order chi connectivity index (χ1) is 9.47. The summed E-state index contributed by atoms with van der Waals surface area (Å²) >= 11 is 11.8. The monoisotopic (exact) mass is 312 g/mol. The molecule has 0 fully saturated rings. The molecule has 0 bridgehead atoms. The minimum Gasteiger partial charge on any atom is -0.473 e. The summed E-state index contributed by atoms with van der Waals surface area (Å²) in [6, 6.07) is 5.16. The number of ether oxygens (including phenoxy) is 1. The molecule has 7 heteroatoms. The highest BCUT2D eigenvalue weighted by molar-refractivity contribution is 6.42. The predicted octanol–water partition coefficient (Wildman–Crippen LogP) is 3.90. The van der Waals surface area contributed by atoms with Crippen LogP contribution in [-0.2, 0) is 0 Å². The van der Waals surface area contributed by atoms with E-state index in [0.29, 0.717) is 27.4 Å². The van der Waals surface area contributed by atoms with Gasteiger partial charge in [-0.05, 0) is 32.0 Å². The van der Waals surface area contributed by atoms with Gasteiger partial charge in [-0.25, -0.2) is 4.98 Å². The molecule has 0 saturated carbocycles. The Morgan fingerprint density at radius 2 is 1.95 bits per heavy atom. The number of nitrogens with one attached hydrogen (secondary N) is 1. The molecule has 1 heterocycles. The Morgan fingerprint density at radius 1 is 1.20 bits per heavy atom. The van der Waals surface area contributed by atoms with Gasteiger partial charge in [0.15, 0.2) is 5.82 Å². The molecule has 106 valence electrons. The summed E-state index contributed by atoms with van der Waals surface area (Å²) < 4.78 is 5.50. The first-order valence-corrected chi connectivity index (χ1v) is 6.72. The highest BCUT2D eigenvalue weighted by Gasteiger charge is 2.11. The molecule has 0 radical (unpaired) electrons. The van der Waals surface area contributed by atoms with Crippen molar-refractivity contribution in [3.05, 3.63) is 34.6 Å². The summed E-state index contributed by atoms with van der Waals surface area (Å²) in [6.45, 7) is 3.79. The molecule has 0 spiro atoms. The molecule has 3 N–H and O–H groups in total. The number of rotatable bonds is 4. The molecule has 2 rings (SSSR count). The normalized spacial score (nSPS) is 10.7. The lowest BCUT2D eigenvalue weighted by Gasteiger charge is -2.14. The lowest BCUT2D eigenvalue weighted by Crippen LogP contribution is -2.10. The van der Waals surface area contributed by atoms with Crippen LogP contribution in [0.1, 0.15) is 13.8 Å². The number of aromatic nitrogens is 2. The summed E-state index contributed by atoms with van der Waals surface area (Å²) in [5.41, 5.74) is 7.04. The fourth-order valence-electron chi connectivity index (χ4n) is 1.51. The van der Waals surface area contributed by atoms with E-state index in [0.717, 1.165) is 5.69 Å². The van der Waals surface area contributed by atoms with Gasteiger partial charge in [-0.2, -0.15) is 4.98 Å². The van der Waals surface area contributed by atoms with Crippen LogP contribution in [0.5, 0.6) is 5.88 Å². The Labute approximate surface area is 127 Å². The van der Waals surface area contributed by atoms with Crippen LogP contribution in [0.2, 0.25) is 10.0 Å². The van der Waals surface area contributed by atoms with Gasteiger partial charge >= 0.3 is 0 Å². The summed E-state index contributed by atoms with van der Waals surface area (Å²) in [4.78, 5) is 8.10. The van der Waals surface area contributed by atoms with Gasteiger partial charge in [0.2, 0.25) is 5.88 Å². The minimum atomic E-state index is -0.0231. The number of hydrogen-bond donors (Lipinski definition) is 2. The Balaban J connectivity index is 2.27. The second-order valence-electron chi connectivity index (χ2n) is 4.36. The van der Waals surface area contributed by atoms with Crippen LogP contribution in [0.25, 0.3) is 0 Å². The molecule has 0 aliphatic carbocycles. The van der Waals surface area contributed by atoms with E-state index in [9.17, 15) is 0 Å². The van der Waals surface area contributed by atoms with E-state index in [-0.39, 0.29) is 6.10 Å². The van der Waals surface area contributed by atoms with Crippen molar-refractivity contribution in [1.82, 2.24) is 9.97 Å². The third-order valence-corrected chi connectivity index (χ3v) is 3.12. The van der Waals surface area contributed by atoms with Gasteiger partial charge < -0.3 is 15.8 Å². The maximum absolute atomic E-state index is 5.98. The summed E-state index contributed by atoms with van der Waals surface area (Å²) in [6.07, 6.45) is 1.36. The first-order valence-electron chi connectivity index (χ1n) is 5.96. The molecule has 0 saturated heterocycles. The summed E-state index contributed by atoms with van der Waals surface area (Å²) in [7, 11) is 0. The summed E-state index contributed by atoms with van der Waals surface area (Å²) in [5, 5.41) is 3.98. The predicted molar refractivity (Wildman–Crippen MR) is 82.0 cm³/mol. The zero-order valence-electron chi connectivity index (χ0n) is 11.0. The number of nitrogen functional groups attached to an aromatic ring is 1. The first kappa shape index (κ1) is 14.7. The van der Waals surface area contributed by atoms with Crippen molar-refractivity contribution in [1.29, 1.82) is 0 Å². The van der Waals surface area contributed by atoms with Crippen molar-refractivity contribution in [2.75, 3.05) is 11.1 Å². The molecular formula is C13H14Cl2N4O. The average Bonchev–Trinajstić information content (AvgIpc) is 2.38. The van der Waals surface area contributed by atoms with Crippen LogP contribution in [0, 0.1) is 0 Å². The average molecular weight is 313 g/mol. The lowest BCUT2D eigenvalue weighted by molar-refractivity contribution is 0.234. The van der Waals surface area contributed by atoms with Crippen molar-refractivity contribution < 1.29 is 4.74 Å². The van der Waals surface area contributed by atoms with Crippen LogP contribution in [-0.4, -0.2) is 16.1 Å². The fraction of sp³-hybridized carbons (Fsp3) is 0.231. The van der Waals surface area contributed by atoms with Gasteiger partial charge in [-0.3, -0.25) is 0 Å². The van der Waals surface area contributed by atoms with Crippen LogP contribution in [0.3, 0.4) is 0 Å². The minimum absolute atomic E-state index is 0.0231. The summed E-state index contributed by atoms with van der Waals surface area (Å²) in [5.74, 6) is 0.798. The van der Waals surface area contributed by atoms with Gasteiger partial charge in [0.1, 0.15) is 12.0 Å². The van der Waals surface area contributed by atoms with Gasteiger partial charge in [0, 0.05) is 5.69 Å². The maximum atomic E-state index is 5.98. The molecule has 1 aromatic carbocycles. The van der Waals surface area contributed by atoms with Gasteiger partial charge in [-0.1, -0.05) is 23.2 Å². The van der Waals surface area contributed by atoms with Crippen LogP contribution < -0.4 is 15.8 Å². The second kappa shape index (κ2) is 6.15. The molecule has 0 unspecified atom stereocenters. The molecule has 20 heavy (non-hydrogen) atoms. The highest BCUT2D eigenvalue weighted by Crippen LogP contribution is 2.30. The van der Waals surface area contributed by atoms with Crippen molar-refractivity contribution in [3.8, 4) is 5.88 Å². The van der Waals surface area contributed by atoms with Crippen LogP contribution in [0.4, 0.5) is 17.2 Å². The number of anilines is 3. The van der Waals surface area contributed by atoms with Crippen LogP contribution >= 0.6 is 23.2 Å². The quantitative estimate of drug-likeness (QED) is 0.895. The largest absolute Gasteiger partial charge is 0.473 e. The third kappa shape index (κ3) is 3.43. The second-order valence-corrected chi connectivity index (χ2v) is 5.18. The molecular weight excluding hydrogens is 299 g/mol. The smallest absolute Gasteiger partial charge is 0.242 e. The van der Waals surface area contributed by atoms with Crippen molar-refractivity contribution >= 4 is 40.4 Å². The maximum Gasteiger partial charge on any atom is 0.242 e. The SMILES string of the molecule is CC(C)Oc1ncnc(Nc2ccc(Cl)c(Cl)c2)c1N. The number of benzene rings is 1. The van der Waals surface area contributed by atoms with E-state index >= 15 is 0 Å². The van der Waals surface area contributed by atoms with Gasteiger partial charge in [-0.15, -0.1) is 0 Å². The van der Waals surface area contributed by atoms with Crippen LogP contribution in [0.15, 0.2) is 24.5 Å².